The molecule has 0 radical (unpaired) electrons. The van der Waals surface area contributed by atoms with Crippen molar-refractivity contribution in [3.05, 3.63) is 0 Å². The Balaban J connectivity index is -0.000000144. The van der Waals surface area contributed by atoms with Gasteiger partial charge in [-0.1, -0.05) is 55.4 Å². The van der Waals surface area contributed by atoms with Crippen LogP contribution in [0.1, 0.15) is 89.0 Å². The first-order valence-corrected chi connectivity index (χ1v) is 9.89. The minimum absolute atomic E-state index is 0.0451. The Hall–Kier alpha value is -0.980. The summed E-state index contributed by atoms with van der Waals surface area (Å²) in [6.07, 6.45) is 2.07. The van der Waals surface area contributed by atoms with E-state index in [9.17, 15) is 9.59 Å². The Kier molecular flexibility index (Phi) is 22.3. The van der Waals surface area contributed by atoms with Crippen molar-refractivity contribution in [2.75, 3.05) is 26.4 Å². The zero-order valence-corrected chi connectivity index (χ0v) is 20.3. The average Bonchev–Trinajstić information content (AvgIpc) is 2.60. The van der Waals surface area contributed by atoms with E-state index in [1.54, 1.807) is 13.8 Å². The first kappa shape index (κ1) is 34.5. The summed E-state index contributed by atoms with van der Waals surface area (Å²) in [5, 5.41) is 25.5. The van der Waals surface area contributed by atoms with Crippen LogP contribution in [0.15, 0.2) is 0 Å². The highest BCUT2D eigenvalue weighted by Crippen LogP contribution is 2.19. The van der Waals surface area contributed by atoms with Gasteiger partial charge in [0, 0.05) is 18.9 Å². The molecule has 0 heterocycles. The van der Waals surface area contributed by atoms with Crippen LogP contribution in [0, 0.1) is 16.2 Å². The van der Waals surface area contributed by atoms with E-state index in [-0.39, 0.29) is 41.2 Å². The molecule has 0 bridgehead atoms. The van der Waals surface area contributed by atoms with Crippen molar-refractivity contribution in [1.29, 1.82) is 0 Å². The lowest BCUT2D eigenvalue weighted by Crippen LogP contribution is -2.20. The second-order valence-corrected chi connectivity index (χ2v) is 9.36. The molecule has 0 rings (SSSR count). The van der Waals surface area contributed by atoms with Crippen molar-refractivity contribution in [1.82, 2.24) is 0 Å². The number of hydrogen-bond donors (Lipinski definition) is 3. The topological polar surface area (TPSA) is 104 Å². The summed E-state index contributed by atoms with van der Waals surface area (Å²) in [5.74, 6) is -0.0264. The lowest BCUT2D eigenvalue weighted by molar-refractivity contribution is -0.144. The molecular weight excluding hydrogens is 360 g/mol. The Bertz CT molecular complexity index is 354. The minimum Gasteiger partial charge on any atom is -0.465 e. The number of Topliss-reactive ketones (excluding diaryl/α,β-unsaturated/α-hetero) is 1. The fourth-order valence-corrected chi connectivity index (χ4v) is 0.561. The molecule has 0 atom stereocenters. The number of carbonyl (C=O) groups is 2. The van der Waals surface area contributed by atoms with Crippen molar-refractivity contribution in [2.45, 2.75) is 89.0 Å². The smallest absolute Gasteiger partial charge is 0.302 e. The monoisotopic (exact) mass is 408 g/mol. The van der Waals surface area contributed by atoms with Gasteiger partial charge in [-0.3, -0.25) is 4.79 Å². The quantitative estimate of drug-likeness (QED) is 0.550. The average molecular weight is 409 g/mol. The van der Waals surface area contributed by atoms with Gasteiger partial charge in [0.05, 0.1) is 19.8 Å². The number of ether oxygens (including phenoxy) is 1. The molecule has 172 valence electrons. The Morgan fingerprint density at radius 1 is 0.679 bits per heavy atom. The summed E-state index contributed by atoms with van der Waals surface area (Å²) in [5.41, 5.74) is -0.0360. The Morgan fingerprint density at radius 3 is 1.07 bits per heavy atom. The molecule has 0 aromatic rings. The maximum absolute atomic E-state index is 10.4. The molecule has 6 nitrogen and oxygen atoms in total. The van der Waals surface area contributed by atoms with Gasteiger partial charge in [-0.25, -0.2) is 0 Å². The van der Waals surface area contributed by atoms with Gasteiger partial charge >= 0.3 is 5.97 Å². The second-order valence-electron chi connectivity index (χ2n) is 9.36. The predicted molar refractivity (Wildman–Crippen MR) is 116 cm³/mol. The molecule has 0 aromatic heterocycles. The van der Waals surface area contributed by atoms with Crippen LogP contribution in [0.4, 0.5) is 0 Å². The van der Waals surface area contributed by atoms with Gasteiger partial charge in [-0.05, 0) is 37.5 Å². The van der Waals surface area contributed by atoms with Crippen LogP contribution < -0.4 is 0 Å². The van der Waals surface area contributed by atoms with Crippen LogP contribution in [0.5, 0.6) is 0 Å². The van der Waals surface area contributed by atoms with Gasteiger partial charge in [0.2, 0.25) is 0 Å². The van der Waals surface area contributed by atoms with Gasteiger partial charge in [-0.15, -0.1) is 0 Å². The van der Waals surface area contributed by atoms with E-state index in [1.165, 1.54) is 20.8 Å². The SMILES string of the molecule is CC(C)(CO)CO.CC(C)=O.CCC(C)(C)CO.CCC(C)(C)COC(C)=O. The molecule has 0 aliphatic rings. The van der Waals surface area contributed by atoms with Crippen molar-refractivity contribution in [3.63, 3.8) is 0 Å². The highest BCUT2D eigenvalue weighted by molar-refractivity contribution is 5.72. The molecule has 3 N–H and O–H groups in total. The number of hydrogen-bond acceptors (Lipinski definition) is 6. The highest BCUT2D eigenvalue weighted by atomic mass is 16.5. The van der Waals surface area contributed by atoms with Crippen LogP contribution in [0.2, 0.25) is 0 Å². The summed E-state index contributed by atoms with van der Waals surface area (Å²) >= 11 is 0. The van der Waals surface area contributed by atoms with Crippen molar-refractivity contribution < 1.29 is 29.6 Å². The van der Waals surface area contributed by atoms with Crippen molar-refractivity contribution in [3.8, 4) is 0 Å². The Morgan fingerprint density at radius 2 is 0.964 bits per heavy atom. The first-order valence-electron chi connectivity index (χ1n) is 9.89. The first-order chi connectivity index (χ1) is 12.5. The summed E-state index contributed by atoms with van der Waals surface area (Å²) < 4.78 is 4.86. The molecule has 28 heavy (non-hydrogen) atoms. The molecule has 0 saturated heterocycles. The minimum atomic E-state index is -0.306. The van der Waals surface area contributed by atoms with E-state index in [1.807, 2.05) is 13.8 Å². The summed E-state index contributed by atoms with van der Waals surface area (Å²) in [6, 6.07) is 0. The van der Waals surface area contributed by atoms with E-state index in [0.29, 0.717) is 13.2 Å². The van der Waals surface area contributed by atoms with Crippen LogP contribution in [-0.4, -0.2) is 53.5 Å². The number of aliphatic hydroxyl groups excluding tert-OH is 3. The number of rotatable bonds is 7. The van der Waals surface area contributed by atoms with Gasteiger partial charge in [0.25, 0.3) is 0 Å². The number of ketones is 1. The third-order valence-electron chi connectivity index (χ3n) is 3.86. The van der Waals surface area contributed by atoms with E-state index < -0.39 is 0 Å². The molecule has 0 fully saturated rings. The normalized spacial score (nSPS) is 10.9. The maximum atomic E-state index is 10.4. The molecule has 0 aromatic carbocycles. The molecule has 0 aliphatic carbocycles. The predicted octanol–water partition coefficient (Wildman–Crippen LogP) is 3.99. The van der Waals surface area contributed by atoms with Crippen LogP contribution >= 0.6 is 0 Å². The third kappa shape index (κ3) is 36.0. The molecular formula is C22H48O6. The van der Waals surface area contributed by atoms with E-state index in [2.05, 4.69) is 27.7 Å². The van der Waals surface area contributed by atoms with E-state index in [0.717, 1.165) is 12.8 Å². The number of esters is 1. The molecule has 0 spiro atoms. The fourth-order valence-electron chi connectivity index (χ4n) is 0.561. The third-order valence-corrected chi connectivity index (χ3v) is 3.86. The summed E-state index contributed by atoms with van der Waals surface area (Å²) in [7, 11) is 0. The molecule has 6 heteroatoms. The van der Waals surface area contributed by atoms with Crippen molar-refractivity contribution in [2.24, 2.45) is 16.2 Å². The fraction of sp³-hybridized carbons (Fsp3) is 0.909. The highest BCUT2D eigenvalue weighted by Gasteiger charge is 2.16. The van der Waals surface area contributed by atoms with Crippen molar-refractivity contribution >= 4 is 11.8 Å². The molecule has 0 aliphatic heterocycles. The summed E-state index contributed by atoms with van der Waals surface area (Å²) in [4.78, 5) is 19.8. The van der Waals surface area contributed by atoms with Gasteiger partial charge in [0.15, 0.2) is 0 Å². The summed E-state index contributed by atoms with van der Waals surface area (Å²) in [6.45, 7) is 21.4. The Labute approximate surface area is 173 Å². The van der Waals surface area contributed by atoms with Crippen LogP contribution in [-0.2, 0) is 14.3 Å². The van der Waals surface area contributed by atoms with Gasteiger partial charge in [0.1, 0.15) is 5.78 Å². The number of aliphatic hydroxyl groups is 3. The molecule has 0 saturated carbocycles. The van der Waals surface area contributed by atoms with Gasteiger partial charge < -0.3 is 24.9 Å². The molecule has 0 amide bonds. The maximum Gasteiger partial charge on any atom is 0.302 e. The standard InChI is InChI=1S/C8H16O2.C6H14O.C5H12O2.C3H6O/c1-5-8(3,4)6-10-7(2)9;1-4-6(2,3)5-7;1-5(2,3-6)4-7;1-3(2)4/h5-6H2,1-4H3;7H,4-5H2,1-3H3;6-7H,3-4H2,1-2H3;1-2H3. The zero-order valence-electron chi connectivity index (χ0n) is 20.3. The van der Waals surface area contributed by atoms with E-state index in [4.69, 9.17) is 20.1 Å². The number of carbonyl (C=O) groups excluding carboxylic acids is 2. The lowest BCUT2D eigenvalue weighted by Gasteiger charge is -2.21. The largest absolute Gasteiger partial charge is 0.465 e. The van der Waals surface area contributed by atoms with Crippen LogP contribution in [0.3, 0.4) is 0 Å². The lowest BCUT2D eigenvalue weighted by atomic mass is 9.92. The van der Waals surface area contributed by atoms with Crippen LogP contribution in [0.25, 0.3) is 0 Å². The second kappa shape index (κ2) is 18.1. The molecule has 0 unspecified atom stereocenters. The zero-order chi connectivity index (χ0) is 23.6. The van der Waals surface area contributed by atoms with Gasteiger partial charge in [-0.2, -0.15) is 0 Å². The van der Waals surface area contributed by atoms with E-state index >= 15 is 0 Å².